The van der Waals surface area contributed by atoms with Gasteiger partial charge in [-0.15, -0.1) is 0 Å². The fraction of sp³-hybridized carbons (Fsp3) is 0.889. The molecule has 0 saturated carbocycles. The highest BCUT2D eigenvalue weighted by Gasteiger charge is 2.27. The van der Waals surface area contributed by atoms with Crippen LogP contribution < -0.4 is 5.32 Å². The lowest BCUT2D eigenvalue weighted by atomic mass is 10.4. The highest BCUT2D eigenvalue weighted by molar-refractivity contribution is 5.78. The third kappa shape index (κ3) is 5.32. The number of nitrogens with one attached hydrogen (secondary N) is 1. The van der Waals surface area contributed by atoms with Gasteiger partial charge in [-0.3, -0.25) is 4.79 Å². The Balaban J connectivity index is 2.18. The number of carbonyl (C=O) groups is 1. The lowest BCUT2D eigenvalue weighted by Crippen LogP contribution is -2.37. The number of nitrogens with zero attached hydrogens (tertiary/aromatic N) is 1. The third-order valence-corrected chi connectivity index (χ3v) is 2.18. The summed E-state index contributed by atoms with van der Waals surface area (Å²) in [5, 5.41) is 2.93. The molecule has 1 aliphatic rings. The average Bonchev–Trinajstić information content (AvgIpc) is 2.37. The first-order chi connectivity index (χ1) is 7.49. The van der Waals surface area contributed by atoms with Crippen LogP contribution in [0.2, 0.25) is 0 Å². The Labute approximate surface area is 91.7 Å². The van der Waals surface area contributed by atoms with Crippen LogP contribution in [0, 0.1) is 0 Å². The molecular weight excluding hydrogens is 225 g/mol. The number of alkyl halides is 3. The van der Waals surface area contributed by atoms with Gasteiger partial charge in [-0.05, 0) is 13.0 Å². The van der Waals surface area contributed by atoms with E-state index in [9.17, 15) is 18.0 Å². The van der Waals surface area contributed by atoms with Gasteiger partial charge in [0, 0.05) is 13.1 Å². The van der Waals surface area contributed by atoms with E-state index in [1.807, 2.05) is 0 Å². The summed E-state index contributed by atoms with van der Waals surface area (Å²) in [7, 11) is 0. The van der Waals surface area contributed by atoms with E-state index in [0.717, 1.165) is 13.0 Å². The van der Waals surface area contributed by atoms with E-state index in [1.54, 1.807) is 0 Å². The van der Waals surface area contributed by atoms with Gasteiger partial charge in [-0.2, -0.15) is 13.2 Å². The predicted molar refractivity (Wildman–Crippen MR) is 50.9 cm³/mol. The maximum absolute atomic E-state index is 11.7. The van der Waals surface area contributed by atoms with E-state index in [2.05, 4.69) is 10.1 Å². The van der Waals surface area contributed by atoms with E-state index in [4.69, 9.17) is 0 Å². The zero-order valence-corrected chi connectivity index (χ0v) is 8.85. The minimum Gasteiger partial charge on any atom is -0.370 e. The normalized spacial score (nSPS) is 18.7. The molecule has 7 heteroatoms. The molecule has 0 aliphatic carbocycles. The van der Waals surface area contributed by atoms with Crippen molar-refractivity contribution in [2.75, 3.05) is 39.4 Å². The second kappa shape index (κ2) is 6.05. The van der Waals surface area contributed by atoms with E-state index in [-0.39, 0.29) is 25.6 Å². The van der Waals surface area contributed by atoms with E-state index in [1.165, 1.54) is 4.90 Å². The van der Waals surface area contributed by atoms with Gasteiger partial charge in [-0.25, -0.2) is 0 Å². The summed E-state index contributed by atoms with van der Waals surface area (Å²) in [6.45, 7) is 0.460. The Hall–Kier alpha value is -0.820. The van der Waals surface area contributed by atoms with E-state index in [0.29, 0.717) is 6.54 Å². The Morgan fingerprint density at radius 2 is 2.19 bits per heavy atom. The van der Waals surface area contributed by atoms with E-state index >= 15 is 0 Å². The summed E-state index contributed by atoms with van der Waals surface area (Å²) < 4.78 is 39.7. The second-order valence-electron chi connectivity index (χ2n) is 3.58. The lowest BCUT2D eigenvalue weighted by molar-refractivity contribution is -0.174. The molecule has 0 aromatic carbocycles. The molecule has 1 N–H and O–H groups in total. The van der Waals surface area contributed by atoms with Crippen LogP contribution in [0.4, 0.5) is 13.2 Å². The Bertz CT molecular complexity index is 233. The van der Waals surface area contributed by atoms with Crippen LogP contribution in [0.25, 0.3) is 0 Å². The quantitative estimate of drug-likeness (QED) is 0.723. The summed E-state index contributed by atoms with van der Waals surface area (Å²) in [6, 6.07) is 0. The van der Waals surface area contributed by atoms with Crippen molar-refractivity contribution in [2.24, 2.45) is 0 Å². The van der Waals surface area contributed by atoms with Crippen LogP contribution in [0.1, 0.15) is 6.42 Å². The molecular formula is C9H15F3N2O2. The second-order valence-corrected chi connectivity index (χ2v) is 3.58. The number of halogens is 3. The standard InChI is InChI=1S/C9H15F3N2O2/c10-9(11,12)7-16-5-4-14-3-1-2-13-6-8(14)15/h13H,1-7H2. The lowest BCUT2D eigenvalue weighted by Gasteiger charge is -2.20. The Morgan fingerprint density at radius 3 is 2.88 bits per heavy atom. The highest BCUT2D eigenvalue weighted by Crippen LogP contribution is 2.14. The van der Waals surface area contributed by atoms with Gasteiger partial charge in [0.2, 0.25) is 5.91 Å². The average molecular weight is 240 g/mol. The molecule has 94 valence electrons. The zero-order chi connectivity index (χ0) is 12.0. The monoisotopic (exact) mass is 240 g/mol. The van der Waals surface area contributed by atoms with Crippen LogP contribution in [-0.2, 0) is 9.53 Å². The minimum absolute atomic E-state index is 0.0781. The van der Waals surface area contributed by atoms with Crippen LogP contribution in [0.5, 0.6) is 0 Å². The maximum atomic E-state index is 11.7. The van der Waals surface area contributed by atoms with Crippen molar-refractivity contribution in [3.8, 4) is 0 Å². The molecule has 1 aliphatic heterocycles. The molecule has 16 heavy (non-hydrogen) atoms. The largest absolute Gasteiger partial charge is 0.411 e. The molecule has 1 amide bonds. The topological polar surface area (TPSA) is 41.6 Å². The van der Waals surface area contributed by atoms with Crippen molar-refractivity contribution < 1.29 is 22.7 Å². The molecule has 0 radical (unpaired) electrons. The number of ether oxygens (including phenoxy) is 1. The Morgan fingerprint density at radius 1 is 1.44 bits per heavy atom. The fourth-order valence-electron chi connectivity index (χ4n) is 1.43. The summed E-state index contributed by atoms with van der Waals surface area (Å²) in [4.78, 5) is 12.9. The predicted octanol–water partition coefficient (Wildman–Crippen LogP) is 0.387. The summed E-state index contributed by atoms with van der Waals surface area (Å²) >= 11 is 0. The van der Waals surface area contributed by atoms with Gasteiger partial charge in [0.25, 0.3) is 0 Å². The molecule has 0 aromatic heterocycles. The first-order valence-corrected chi connectivity index (χ1v) is 5.12. The number of carbonyl (C=O) groups excluding carboxylic acids is 1. The maximum Gasteiger partial charge on any atom is 0.411 e. The molecule has 1 fully saturated rings. The molecule has 1 rings (SSSR count). The van der Waals surface area contributed by atoms with E-state index < -0.39 is 12.8 Å². The summed E-state index contributed by atoms with van der Waals surface area (Å²) in [5.41, 5.74) is 0. The molecule has 0 bridgehead atoms. The van der Waals surface area contributed by atoms with Crippen molar-refractivity contribution >= 4 is 5.91 Å². The molecule has 0 aromatic rings. The molecule has 1 saturated heterocycles. The van der Waals surface area contributed by atoms with Crippen molar-refractivity contribution in [1.82, 2.24) is 10.2 Å². The molecule has 0 atom stereocenters. The van der Waals surface area contributed by atoms with Crippen LogP contribution in [0.15, 0.2) is 0 Å². The van der Waals surface area contributed by atoms with Crippen molar-refractivity contribution in [3.05, 3.63) is 0 Å². The van der Waals surface area contributed by atoms with Gasteiger partial charge in [-0.1, -0.05) is 0 Å². The fourth-order valence-corrected chi connectivity index (χ4v) is 1.43. The van der Waals surface area contributed by atoms with Crippen LogP contribution in [-0.4, -0.2) is 56.4 Å². The Kier molecular flexibility index (Phi) is 5.01. The molecule has 0 spiro atoms. The van der Waals surface area contributed by atoms with Crippen molar-refractivity contribution in [2.45, 2.75) is 12.6 Å². The number of hydrogen-bond donors (Lipinski definition) is 1. The van der Waals surface area contributed by atoms with Gasteiger partial charge in [0.15, 0.2) is 0 Å². The first-order valence-electron chi connectivity index (χ1n) is 5.12. The zero-order valence-electron chi connectivity index (χ0n) is 8.85. The first kappa shape index (κ1) is 13.2. The smallest absolute Gasteiger partial charge is 0.370 e. The number of hydrogen-bond acceptors (Lipinski definition) is 3. The number of amides is 1. The molecule has 1 heterocycles. The molecule has 0 unspecified atom stereocenters. The minimum atomic E-state index is -4.30. The summed E-state index contributed by atoms with van der Waals surface area (Å²) in [5.74, 6) is -0.0897. The van der Waals surface area contributed by atoms with Crippen molar-refractivity contribution in [1.29, 1.82) is 0 Å². The van der Waals surface area contributed by atoms with Crippen LogP contribution >= 0.6 is 0 Å². The van der Waals surface area contributed by atoms with Gasteiger partial charge in [0.1, 0.15) is 6.61 Å². The third-order valence-electron chi connectivity index (χ3n) is 2.18. The van der Waals surface area contributed by atoms with Crippen molar-refractivity contribution in [3.63, 3.8) is 0 Å². The van der Waals surface area contributed by atoms with Crippen LogP contribution in [0.3, 0.4) is 0 Å². The molecule has 4 nitrogen and oxygen atoms in total. The highest BCUT2D eigenvalue weighted by atomic mass is 19.4. The summed E-state index contributed by atoms with van der Waals surface area (Å²) in [6.07, 6.45) is -3.49. The van der Waals surface area contributed by atoms with Gasteiger partial charge in [0.05, 0.1) is 13.2 Å². The van der Waals surface area contributed by atoms with Gasteiger partial charge >= 0.3 is 6.18 Å². The number of rotatable bonds is 4. The van der Waals surface area contributed by atoms with Gasteiger partial charge < -0.3 is 15.0 Å². The SMILES string of the molecule is O=C1CNCCCN1CCOCC(F)(F)F.